The zero-order chi connectivity index (χ0) is 20.6. The van der Waals surface area contributed by atoms with Gasteiger partial charge in [-0.25, -0.2) is 26.0 Å². The Kier molecular flexibility index (Phi) is 5.64. The molecule has 0 N–H and O–H groups in total. The van der Waals surface area contributed by atoms with Crippen LogP contribution in [0.2, 0.25) is 5.02 Å². The fraction of sp³-hybridized carbons (Fsp3) is 0.235. The van der Waals surface area contributed by atoms with Gasteiger partial charge in [0.05, 0.1) is 15.5 Å². The van der Waals surface area contributed by atoms with Crippen molar-refractivity contribution in [2.45, 2.75) is 4.90 Å². The van der Waals surface area contributed by atoms with Crippen LogP contribution in [0.3, 0.4) is 0 Å². The molecule has 0 unspecified atom stereocenters. The number of halogens is 5. The van der Waals surface area contributed by atoms with Crippen molar-refractivity contribution < 1.29 is 30.8 Å². The van der Waals surface area contributed by atoms with Crippen molar-refractivity contribution in [3.8, 4) is 0 Å². The molecule has 1 heterocycles. The fourth-order valence-electron chi connectivity index (χ4n) is 2.77. The lowest BCUT2D eigenvalue weighted by Gasteiger charge is -2.34. The van der Waals surface area contributed by atoms with Gasteiger partial charge in [-0.1, -0.05) is 11.6 Å². The molecule has 1 fully saturated rings. The van der Waals surface area contributed by atoms with Gasteiger partial charge in [0.25, 0.3) is 5.91 Å². The van der Waals surface area contributed by atoms with Gasteiger partial charge in [-0.05, 0) is 30.3 Å². The molecule has 0 spiro atoms. The summed E-state index contributed by atoms with van der Waals surface area (Å²) >= 11 is 5.80. The summed E-state index contributed by atoms with van der Waals surface area (Å²) in [6.45, 7) is -0.323. The lowest BCUT2D eigenvalue weighted by Crippen LogP contribution is -2.50. The molecular formula is C17H13ClF4N2O3S. The predicted octanol–water partition coefficient (Wildman–Crippen LogP) is 3.04. The number of nitrogens with zero attached hydrogens (tertiary/aromatic N) is 2. The maximum absolute atomic E-state index is 13.4. The number of hydrogen-bond donors (Lipinski definition) is 0. The molecule has 0 saturated carbocycles. The molecule has 0 bridgehead atoms. The first-order chi connectivity index (χ1) is 13.1. The van der Waals surface area contributed by atoms with Crippen molar-refractivity contribution >= 4 is 27.5 Å². The topological polar surface area (TPSA) is 57.7 Å². The number of carbonyl (C=O) groups excluding carboxylic acids is 1. The van der Waals surface area contributed by atoms with Crippen molar-refractivity contribution in [3.05, 3.63) is 64.2 Å². The zero-order valence-electron chi connectivity index (χ0n) is 14.1. The Morgan fingerprint density at radius 2 is 1.43 bits per heavy atom. The van der Waals surface area contributed by atoms with Crippen molar-refractivity contribution in [2.75, 3.05) is 26.2 Å². The Morgan fingerprint density at radius 1 is 0.857 bits per heavy atom. The molecule has 28 heavy (non-hydrogen) atoms. The quantitative estimate of drug-likeness (QED) is 0.549. The van der Waals surface area contributed by atoms with Crippen LogP contribution in [-0.4, -0.2) is 49.7 Å². The first-order valence-electron chi connectivity index (χ1n) is 8.00. The van der Waals surface area contributed by atoms with Crippen LogP contribution in [0, 0.1) is 23.3 Å². The molecule has 150 valence electrons. The third kappa shape index (κ3) is 3.85. The van der Waals surface area contributed by atoms with Crippen LogP contribution >= 0.6 is 11.6 Å². The molecule has 3 rings (SSSR count). The van der Waals surface area contributed by atoms with Crippen LogP contribution in [0.15, 0.2) is 35.2 Å². The van der Waals surface area contributed by atoms with E-state index in [-0.39, 0.29) is 36.8 Å². The molecule has 0 aliphatic carbocycles. The SMILES string of the molecule is O=C(c1cc(F)c(F)cc1Cl)N1CCN(S(=O)(=O)c2ccc(F)c(F)c2)CC1. The van der Waals surface area contributed by atoms with E-state index in [2.05, 4.69) is 0 Å². The van der Waals surface area contributed by atoms with E-state index in [4.69, 9.17) is 11.6 Å². The maximum Gasteiger partial charge on any atom is 0.255 e. The minimum Gasteiger partial charge on any atom is -0.336 e. The lowest BCUT2D eigenvalue weighted by molar-refractivity contribution is 0.0697. The Morgan fingerprint density at radius 3 is 2.04 bits per heavy atom. The summed E-state index contributed by atoms with van der Waals surface area (Å²) in [7, 11) is -4.08. The van der Waals surface area contributed by atoms with E-state index in [1.54, 1.807) is 0 Å². The van der Waals surface area contributed by atoms with Crippen LogP contribution in [0.1, 0.15) is 10.4 Å². The largest absolute Gasteiger partial charge is 0.336 e. The second kappa shape index (κ2) is 7.69. The Bertz CT molecular complexity index is 1040. The summed E-state index contributed by atoms with van der Waals surface area (Å²) < 4.78 is 79.1. The normalized spacial score (nSPS) is 15.7. The minimum absolute atomic E-state index is 0.0446. The number of piperazine rings is 1. The summed E-state index contributed by atoms with van der Waals surface area (Å²) in [6, 6.07) is 3.63. The molecule has 1 saturated heterocycles. The Labute approximate surface area is 163 Å². The van der Waals surface area contributed by atoms with Crippen LogP contribution in [0.25, 0.3) is 0 Å². The van der Waals surface area contributed by atoms with Crippen molar-refractivity contribution in [2.24, 2.45) is 0 Å². The van der Waals surface area contributed by atoms with E-state index >= 15 is 0 Å². The predicted molar refractivity (Wildman–Crippen MR) is 92.4 cm³/mol. The Balaban J connectivity index is 1.74. The first kappa shape index (κ1) is 20.6. The van der Waals surface area contributed by atoms with Crippen LogP contribution < -0.4 is 0 Å². The molecule has 2 aromatic rings. The van der Waals surface area contributed by atoms with E-state index in [1.807, 2.05) is 0 Å². The van der Waals surface area contributed by atoms with E-state index in [9.17, 15) is 30.8 Å². The van der Waals surface area contributed by atoms with E-state index in [0.29, 0.717) is 24.3 Å². The van der Waals surface area contributed by atoms with Crippen LogP contribution in [0.4, 0.5) is 17.6 Å². The number of sulfonamides is 1. The van der Waals surface area contributed by atoms with Gasteiger partial charge in [0, 0.05) is 26.2 Å². The van der Waals surface area contributed by atoms with Crippen molar-refractivity contribution in [3.63, 3.8) is 0 Å². The highest BCUT2D eigenvalue weighted by molar-refractivity contribution is 7.89. The van der Waals surface area contributed by atoms with Gasteiger partial charge in [0.2, 0.25) is 10.0 Å². The molecule has 1 aliphatic heterocycles. The van der Waals surface area contributed by atoms with Gasteiger partial charge < -0.3 is 4.90 Å². The first-order valence-corrected chi connectivity index (χ1v) is 9.82. The number of amides is 1. The van der Waals surface area contributed by atoms with Gasteiger partial charge in [-0.15, -0.1) is 0 Å². The minimum atomic E-state index is -4.08. The van der Waals surface area contributed by atoms with Gasteiger partial charge in [-0.3, -0.25) is 4.79 Å². The number of hydrogen-bond acceptors (Lipinski definition) is 3. The van der Waals surface area contributed by atoms with E-state index in [0.717, 1.165) is 10.4 Å². The molecule has 0 atom stereocenters. The molecular weight excluding hydrogens is 424 g/mol. The third-order valence-electron chi connectivity index (χ3n) is 4.30. The highest BCUT2D eigenvalue weighted by Crippen LogP contribution is 2.24. The maximum atomic E-state index is 13.4. The molecule has 5 nitrogen and oxygen atoms in total. The smallest absolute Gasteiger partial charge is 0.255 e. The van der Waals surface area contributed by atoms with Crippen molar-refractivity contribution in [1.82, 2.24) is 9.21 Å². The molecule has 1 amide bonds. The summed E-state index contributed by atoms with van der Waals surface area (Å²) in [5, 5.41) is -0.263. The summed E-state index contributed by atoms with van der Waals surface area (Å²) in [5.41, 5.74) is -0.238. The van der Waals surface area contributed by atoms with Gasteiger partial charge >= 0.3 is 0 Å². The highest BCUT2D eigenvalue weighted by atomic mass is 35.5. The Hall–Kier alpha value is -2.17. The third-order valence-corrected chi connectivity index (χ3v) is 6.50. The molecule has 0 aromatic heterocycles. The standard InChI is InChI=1S/C17H13ClF4N2O3S/c18-12-9-16(22)15(21)8-11(12)17(25)23-3-5-24(6-4-23)28(26,27)10-1-2-13(19)14(20)7-10/h1-2,7-9H,3-6H2. The van der Waals surface area contributed by atoms with Crippen molar-refractivity contribution in [1.29, 1.82) is 0 Å². The number of benzene rings is 2. The van der Waals surface area contributed by atoms with E-state index < -0.39 is 44.1 Å². The monoisotopic (exact) mass is 436 g/mol. The summed E-state index contributed by atoms with van der Waals surface area (Å²) in [4.78, 5) is 13.3. The van der Waals surface area contributed by atoms with Gasteiger partial charge in [0.1, 0.15) is 0 Å². The van der Waals surface area contributed by atoms with Crippen LogP contribution in [-0.2, 0) is 10.0 Å². The molecule has 1 aliphatic rings. The molecule has 11 heteroatoms. The second-order valence-electron chi connectivity index (χ2n) is 6.02. The second-order valence-corrected chi connectivity index (χ2v) is 8.36. The average molecular weight is 437 g/mol. The van der Waals surface area contributed by atoms with Gasteiger partial charge in [-0.2, -0.15) is 4.31 Å². The molecule has 0 radical (unpaired) electrons. The zero-order valence-corrected chi connectivity index (χ0v) is 15.7. The fourth-order valence-corrected chi connectivity index (χ4v) is 4.44. The van der Waals surface area contributed by atoms with E-state index in [1.165, 1.54) is 4.90 Å². The van der Waals surface area contributed by atoms with Crippen LogP contribution in [0.5, 0.6) is 0 Å². The highest BCUT2D eigenvalue weighted by Gasteiger charge is 2.31. The number of carbonyl (C=O) groups is 1. The number of rotatable bonds is 3. The molecule has 2 aromatic carbocycles. The van der Waals surface area contributed by atoms with Gasteiger partial charge in [0.15, 0.2) is 23.3 Å². The summed E-state index contributed by atoms with van der Waals surface area (Å²) in [6.07, 6.45) is 0. The lowest BCUT2D eigenvalue weighted by atomic mass is 10.1. The average Bonchev–Trinajstić information content (AvgIpc) is 2.66. The summed E-state index contributed by atoms with van der Waals surface area (Å²) in [5.74, 6) is -5.55.